The van der Waals surface area contributed by atoms with E-state index in [0.717, 1.165) is 13.1 Å². The number of hydrogen-bond acceptors (Lipinski definition) is 3. The van der Waals surface area contributed by atoms with Gasteiger partial charge < -0.3 is 4.90 Å². The Morgan fingerprint density at radius 1 is 1.20 bits per heavy atom. The zero-order valence-corrected chi connectivity index (χ0v) is 15.2. The summed E-state index contributed by atoms with van der Waals surface area (Å²) in [6.07, 6.45) is 0. The van der Waals surface area contributed by atoms with Crippen LogP contribution in [0.1, 0.15) is 13.8 Å². The summed E-state index contributed by atoms with van der Waals surface area (Å²) in [6.45, 7) is 6.84. The number of sulfonamides is 1. The second-order valence-electron chi connectivity index (χ2n) is 4.12. The van der Waals surface area contributed by atoms with Gasteiger partial charge in [-0.25, -0.2) is 13.1 Å². The summed E-state index contributed by atoms with van der Waals surface area (Å²) in [5.74, 6) is 0. The normalized spacial score (nSPS) is 12.1. The van der Waals surface area contributed by atoms with Crippen molar-refractivity contribution < 1.29 is 8.42 Å². The van der Waals surface area contributed by atoms with Gasteiger partial charge >= 0.3 is 0 Å². The van der Waals surface area contributed by atoms with Gasteiger partial charge in [-0.1, -0.05) is 37.0 Å². The maximum Gasteiger partial charge on any atom is 0.241 e. The molecule has 20 heavy (non-hydrogen) atoms. The van der Waals surface area contributed by atoms with Crippen molar-refractivity contribution in [2.45, 2.75) is 18.7 Å². The van der Waals surface area contributed by atoms with Crippen LogP contribution in [0.2, 0.25) is 10.0 Å². The van der Waals surface area contributed by atoms with Gasteiger partial charge in [0.05, 0.1) is 14.9 Å². The zero-order valence-electron chi connectivity index (χ0n) is 11.3. The largest absolute Gasteiger partial charge is 0.303 e. The lowest BCUT2D eigenvalue weighted by atomic mass is 10.4. The molecule has 0 aliphatic heterocycles. The van der Waals surface area contributed by atoms with Crippen molar-refractivity contribution in [2.75, 3.05) is 26.2 Å². The minimum absolute atomic E-state index is 0.0893. The molecular formula is C12H17BrCl2N2O2S. The first-order chi connectivity index (χ1) is 9.31. The van der Waals surface area contributed by atoms with Crippen molar-refractivity contribution in [3.05, 3.63) is 26.7 Å². The van der Waals surface area contributed by atoms with Crippen molar-refractivity contribution >= 4 is 49.2 Å². The number of likely N-dealkylation sites (N-methyl/N-ethyl adjacent to an activating group) is 1. The van der Waals surface area contributed by atoms with Crippen molar-refractivity contribution in [1.82, 2.24) is 9.62 Å². The van der Waals surface area contributed by atoms with Gasteiger partial charge in [0.15, 0.2) is 0 Å². The maximum atomic E-state index is 12.2. The van der Waals surface area contributed by atoms with Gasteiger partial charge in [-0.15, -0.1) is 0 Å². The van der Waals surface area contributed by atoms with E-state index < -0.39 is 10.0 Å². The third-order valence-electron chi connectivity index (χ3n) is 2.88. The second kappa shape index (κ2) is 7.96. The number of rotatable bonds is 7. The standard InChI is InChI=1S/C12H17BrCl2N2O2S/c1-3-17(4-2)6-5-16-20(18,19)12-8-11(15)10(14)7-9(12)13/h7-8,16H,3-6H2,1-2H3. The lowest BCUT2D eigenvalue weighted by molar-refractivity contribution is 0.309. The molecule has 114 valence electrons. The second-order valence-corrected chi connectivity index (χ2v) is 7.53. The molecular weight excluding hydrogens is 387 g/mol. The monoisotopic (exact) mass is 402 g/mol. The van der Waals surface area contributed by atoms with E-state index >= 15 is 0 Å². The first-order valence-corrected chi connectivity index (χ1v) is 9.21. The Morgan fingerprint density at radius 2 is 1.75 bits per heavy atom. The highest BCUT2D eigenvalue weighted by molar-refractivity contribution is 9.10. The Balaban J connectivity index is 2.82. The summed E-state index contributed by atoms with van der Waals surface area (Å²) < 4.78 is 27.4. The molecule has 0 fully saturated rings. The molecule has 0 aromatic heterocycles. The summed E-state index contributed by atoms with van der Waals surface area (Å²) in [5.41, 5.74) is 0. The Bertz CT molecular complexity index is 563. The maximum absolute atomic E-state index is 12.2. The molecule has 0 saturated carbocycles. The number of nitrogens with zero attached hydrogens (tertiary/aromatic N) is 1. The molecule has 0 aliphatic rings. The third kappa shape index (κ3) is 4.86. The highest BCUT2D eigenvalue weighted by Gasteiger charge is 2.19. The molecule has 0 amide bonds. The van der Waals surface area contributed by atoms with Crippen LogP contribution in [-0.4, -0.2) is 39.5 Å². The van der Waals surface area contributed by atoms with Gasteiger partial charge in [-0.3, -0.25) is 0 Å². The van der Waals surface area contributed by atoms with E-state index in [1.807, 2.05) is 13.8 Å². The zero-order chi connectivity index (χ0) is 15.3. The fourth-order valence-corrected chi connectivity index (χ4v) is 4.28. The predicted octanol–water partition coefficient (Wildman–Crippen LogP) is 3.38. The van der Waals surface area contributed by atoms with Gasteiger partial charge in [0, 0.05) is 17.6 Å². The number of nitrogens with one attached hydrogen (secondary N) is 1. The van der Waals surface area contributed by atoms with Crippen LogP contribution in [0.5, 0.6) is 0 Å². The average molecular weight is 404 g/mol. The lowest BCUT2D eigenvalue weighted by Crippen LogP contribution is -2.34. The molecule has 0 saturated heterocycles. The van der Waals surface area contributed by atoms with Crippen molar-refractivity contribution in [3.8, 4) is 0 Å². The number of hydrogen-bond donors (Lipinski definition) is 1. The number of benzene rings is 1. The van der Waals surface area contributed by atoms with E-state index in [4.69, 9.17) is 23.2 Å². The van der Waals surface area contributed by atoms with Crippen LogP contribution in [0.4, 0.5) is 0 Å². The summed E-state index contributed by atoms with van der Waals surface area (Å²) in [6, 6.07) is 2.82. The number of halogens is 3. The lowest BCUT2D eigenvalue weighted by Gasteiger charge is -2.18. The topological polar surface area (TPSA) is 49.4 Å². The van der Waals surface area contributed by atoms with Crippen LogP contribution in [0.3, 0.4) is 0 Å². The summed E-state index contributed by atoms with van der Waals surface area (Å²) in [4.78, 5) is 2.22. The van der Waals surface area contributed by atoms with Gasteiger partial charge in [-0.05, 0) is 41.2 Å². The van der Waals surface area contributed by atoms with Crippen LogP contribution < -0.4 is 4.72 Å². The minimum Gasteiger partial charge on any atom is -0.303 e. The molecule has 8 heteroatoms. The minimum atomic E-state index is -3.61. The molecule has 0 atom stereocenters. The molecule has 0 spiro atoms. The Kier molecular flexibility index (Phi) is 7.24. The fraction of sp³-hybridized carbons (Fsp3) is 0.500. The van der Waals surface area contributed by atoms with Gasteiger partial charge in [-0.2, -0.15) is 0 Å². The van der Waals surface area contributed by atoms with Crippen molar-refractivity contribution in [1.29, 1.82) is 0 Å². The third-order valence-corrected chi connectivity index (χ3v) is 6.02. The van der Waals surface area contributed by atoms with E-state index in [-0.39, 0.29) is 9.92 Å². The molecule has 1 aromatic rings. The predicted molar refractivity (Wildman–Crippen MR) is 87.1 cm³/mol. The highest BCUT2D eigenvalue weighted by atomic mass is 79.9. The van der Waals surface area contributed by atoms with Gasteiger partial charge in [0.25, 0.3) is 0 Å². The summed E-state index contributed by atoms with van der Waals surface area (Å²) in [5, 5.41) is 0.514. The van der Waals surface area contributed by atoms with Crippen LogP contribution in [0.25, 0.3) is 0 Å². The molecule has 1 N–H and O–H groups in total. The van der Waals surface area contributed by atoms with Crippen LogP contribution in [-0.2, 0) is 10.0 Å². The van der Waals surface area contributed by atoms with E-state index in [0.29, 0.717) is 22.6 Å². The highest BCUT2D eigenvalue weighted by Crippen LogP contribution is 2.31. The van der Waals surface area contributed by atoms with Gasteiger partial charge in [0.2, 0.25) is 10.0 Å². The Hall–Kier alpha value is 0.150. The van der Waals surface area contributed by atoms with Crippen LogP contribution in [0.15, 0.2) is 21.5 Å². The Morgan fingerprint density at radius 3 is 2.30 bits per heavy atom. The summed E-state index contributed by atoms with van der Waals surface area (Å²) in [7, 11) is -3.61. The Labute approximate surface area is 138 Å². The van der Waals surface area contributed by atoms with Crippen LogP contribution >= 0.6 is 39.1 Å². The van der Waals surface area contributed by atoms with E-state index in [2.05, 4.69) is 25.6 Å². The van der Waals surface area contributed by atoms with E-state index in [9.17, 15) is 8.42 Å². The van der Waals surface area contributed by atoms with E-state index in [1.54, 1.807) is 0 Å². The fourth-order valence-electron chi connectivity index (χ4n) is 1.67. The van der Waals surface area contributed by atoms with E-state index in [1.165, 1.54) is 12.1 Å². The molecule has 0 bridgehead atoms. The average Bonchev–Trinajstić information content (AvgIpc) is 2.38. The molecule has 1 aromatic carbocycles. The quantitative estimate of drug-likeness (QED) is 0.710. The molecule has 0 unspecified atom stereocenters. The first-order valence-electron chi connectivity index (χ1n) is 6.18. The smallest absolute Gasteiger partial charge is 0.241 e. The van der Waals surface area contributed by atoms with Gasteiger partial charge in [0.1, 0.15) is 0 Å². The van der Waals surface area contributed by atoms with Crippen LogP contribution in [0, 0.1) is 0 Å². The van der Waals surface area contributed by atoms with Crippen molar-refractivity contribution in [3.63, 3.8) is 0 Å². The molecule has 0 radical (unpaired) electrons. The summed E-state index contributed by atoms with van der Waals surface area (Å²) >= 11 is 14.9. The molecule has 0 aliphatic carbocycles. The molecule has 4 nitrogen and oxygen atoms in total. The molecule has 1 rings (SSSR count). The SMILES string of the molecule is CCN(CC)CCNS(=O)(=O)c1cc(Cl)c(Cl)cc1Br. The molecule has 0 heterocycles. The first kappa shape index (κ1) is 18.2. The van der Waals surface area contributed by atoms with Crippen molar-refractivity contribution in [2.24, 2.45) is 0 Å².